The van der Waals surface area contributed by atoms with E-state index < -0.39 is 0 Å². The van der Waals surface area contributed by atoms with Crippen LogP contribution in [0.1, 0.15) is 23.2 Å². The molecule has 5 heteroatoms. The lowest BCUT2D eigenvalue weighted by Gasteiger charge is -2.05. The number of rotatable bonds is 6. The van der Waals surface area contributed by atoms with E-state index in [-0.39, 0.29) is 5.91 Å². The Hall–Kier alpha value is -0.740. The Balaban J connectivity index is 2.33. The molecule has 0 aromatic carbocycles. The van der Waals surface area contributed by atoms with Crippen molar-refractivity contribution >= 4 is 29.3 Å². The molecule has 88 valence electrons. The lowest BCUT2D eigenvalue weighted by molar-refractivity contribution is 0.0953. The number of carbonyl (C=O) groups is 1. The van der Waals surface area contributed by atoms with Gasteiger partial charge in [0, 0.05) is 18.9 Å². The highest BCUT2D eigenvalue weighted by Crippen LogP contribution is 2.12. The highest BCUT2D eigenvalue weighted by Gasteiger charge is 2.08. The van der Waals surface area contributed by atoms with Crippen molar-refractivity contribution in [2.24, 2.45) is 0 Å². The van der Waals surface area contributed by atoms with Crippen LogP contribution in [0, 0.1) is 0 Å². The summed E-state index contributed by atoms with van der Waals surface area (Å²) in [6.07, 6.45) is 7.23. The molecule has 0 spiro atoms. The maximum Gasteiger partial charge on any atom is 0.254 e. The fourth-order valence-corrected chi connectivity index (χ4v) is 1.90. The second-order valence-electron chi connectivity index (χ2n) is 3.31. The Labute approximate surface area is 105 Å². The average molecular weight is 259 g/mol. The van der Waals surface area contributed by atoms with E-state index in [2.05, 4.69) is 16.6 Å². The molecule has 0 atom stereocenters. The van der Waals surface area contributed by atoms with Gasteiger partial charge >= 0.3 is 0 Å². The fraction of sp³-hybridized carbons (Fsp3) is 0.455. The van der Waals surface area contributed by atoms with Crippen LogP contribution in [0.15, 0.2) is 18.5 Å². The molecule has 0 saturated carbocycles. The van der Waals surface area contributed by atoms with Crippen LogP contribution < -0.4 is 5.32 Å². The molecule has 1 aromatic rings. The van der Waals surface area contributed by atoms with E-state index in [0.717, 1.165) is 18.6 Å². The molecule has 1 heterocycles. The first-order valence-corrected chi connectivity index (χ1v) is 6.89. The Morgan fingerprint density at radius 2 is 2.38 bits per heavy atom. The molecule has 0 aliphatic carbocycles. The van der Waals surface area contributed by atoms with E-state index >= 15 is 0 Å². The first kappa shape index (κ1) is 13.3. The molecule has 1 aromatic heterocycles. The molecule has 1 N–H and O–H groups in total. The topological polar surface area (TPSA) is 42.0 Å². The van der Waals surface area contributed by atoms with Crippen molar-refractivity contribution in [2.75, 3.05) is 18.6 Å². The van der Waals surface area contributed by atoms with Crippen molar-refractivity contribution in [2.45, 2.75) is 12.8 Å². The minimum absolute atomic E-state index is 0.151. The molecule has 0 unspecified atom stereocenters. The van der Waals surface area contributed by atoms with Crippen molar-refractivity contribution in [1.29, 1.82) is 0 Å². The van der Waals surface area contributed by atoms with E-state index in [9.17, 15) is 4.79 Å². The summed E-state index contributed by atoms with van der Waals surface area (Å²) in [7, 11) is 0. The molecular weight excluding hydrogens is 244 g/mol. The summed E-state index contributed by atoms with van der Waals surface area (Å²) >= 11 is 7.69. The van der Waals surface area contributed by atoms with E-state index in [1.807, 2.05) is 11.8 Å². The highest BCUT2D eigenvalue weighted by molar-refractivity contribution is 7.98. The normalized spacial score (nSPS) is 10.1. The number of thioether (sulfide) groups is 1. The zero-order valence-electron chi connectivity index (χ0n) is 9.20. The van der Waals surface area contributed by atoms with Gasteiger partial charge in [0.25, 0.3) is 5.91 Å². The third kappa shape index (κ3) is 4.41. The average Bonchev–Trinajstić information content (AvgIpc) is 2.29. The molecule has 0 fully saturated rings. The van der Waals surface area contributed by atoms with Crippen LogP contribution in [0.5, 0.6) is 0 Å². The molecule has 16 heavy (non-hydrogen) atoms. The lowest BCUT2D eigenvalue weighted by atomic mass is 10.2. The molecule has 0 aliphatic heterocycles. The number of hydrogen-bond donors (Lipinski definition) is 1. The Kier molecular flexibility index (Phi) is 6.26. The summed E-state index contributed by atoms with van der Waals surface area (Å²) in [4.78, 5) is 15.5. The standard InChI is InChI=1S/C11H15ClN2OS/c1-16-7-3-2-5-14-11(15)9-8-13-6-4-10(9)12/h4,6,8H,2-3,5,7H2,1H3,(H,14,15). The van der Waals surface area contributed by atoms with Gasteiger partial charge in [-0.05, 0) is 30.9 Å². The number of unbranched alkanes of at least 4 members (excludes halogenated alkanes) is 1. The molecule has 3 nitrogen and oxygen atoms in total. The van der Waals surface area contributed by atoms with E-state index in [1.165, 1.54) is 6.20 Å². The fourth-order valence-electron chi connectivity index (χ4n) is 1.21. The van der Waals surface area contributed by atoms with Crippen LogP contribution in [-0.2, 0) is 0 Å². The zero-order chi connectivity index (χ0) is 11.8. The predicted molar refractivity (Wildman–Crippen MR) is 69.2 cm³/mol. The SMILES string of the molecule is CSCCCCNC(=O)c1cnccc1Cl. The van der Waals surface area contributed by atoms with Crippen molar-refractivity contribution in [3.05, 3.63) is 29.0 Å². The molecule has 0 aliphatic rings. The third-order valence-electron chi connectivity index (χ3n) is 2.07. The third-order valence-corrected chi connectivity index (χ3v) is 3.10. The van der Waals surface area contributed by atoms with Crippen LogP contribution >= 0.6 is 23.4 Å². The van der Waals surface area contributed by atoms with Crippen molar-refractivity contribution in [3.63, 3.8) is 0 Å². The van der Waals surface area contributed by atoms with Crippen molar-refractivity contribution < 1.29 is 4.79 Å². The number of amides is 1. The second kappa shape index (κ2) is 7.52. The van der Waals surface area contributed by atoms with E-state index in [0.29, 0.717) is 17.1 Å². The predicted octanol–water partition coefficient (Wildman–Crippen LogP) is 2.61. The summed E-state index contributed by atoms with van der Waals surface area (Å²) in [5.41, 5.74) is 0.439. The van der Waals surface area contributed by atoms with Crippen molar-refractivity contribution in [3.8, 4) is 0 Å². The number of carbonyl (C=O) groups excluding carboxylic acids is 1. The molecule has 0 saturated heterocycles. The van der Waals surface area contributed by atoms with Gasteiger partial charge in [0.1, 0.15) is 0 Å². The van der Waals surface area contributed by atoms with Gasteiger partial charge in [-0.2, -0.15) is 11.8 Å². The van der Waals surface area contributed by atoms with Crippen LogP contribution in [0.25, 0.3) is 0 Å². The van der Waals surface area contributed by atoms with E-state index in [4.69, 9.17) is 11.6 Å². The maximum absolute atomic E-state index is 11.7. The molecule has 0 radical (unpaired) electrons. The van der Waals surface area contributed by atoms with Crippen LogP contribution in [0.3, 0.4) is 0 Å². The van der Waals surface area contributed by atoms with Crippen LogP contribution in [0.2, 0.25) is 5.02 Å². The number of halogens is 1. The van der Waals surface area contributed by atoms with E-state index in [1.54, 1.807) is 12.3 Å². The Morgan fingerprint density at radius 3 is 3.06 bits per heavy atom. The smallest absolute Gasteiger partial charge is 0.254 e. The van der Waals surface area contributed by atoms with Gasteiger partial charge in [0.05, 0.1) is 10.6 Å². The van der Waals surface area contributed by atoms with Crippen molar-refractivity contribution in [1.82, 2.24) is 10.3 Å². The van der Waals surface area contributed by atoms with Gasteiger partial charge < -0.3 is 5.32 Å². The highest BCUT2D eigenvalue weighted by atomic mass is 35.5. The van der Waals surface area contributed by atoms with Gasteiger partial charge in [-0.25, -0.2) is 0 Å². The second-order valence-corrected chi connectivity index (χ2v) is 4.70. The summed E-state index contributed by atoms with van der Waals surface area (Å²) in [6.45, 7) is 0.685. The molecular formula is C11H15ClN2OS. The number of nitrogens with one attached hydrogen (secondary N) is 1. The number of aromatic nitrogens is 1. The van der Waals surface area contributed by atoms with Gasteiger partial charge in [-0.1, -0.05) is 11.6 Å². The molecule has 0 bridgehead atoms. The Morgan fingerprint density at radius 1 is 1.56 bits per heavy atom. The summed E-state index contributed by atoms with van der Waals surface area (Å²) in [5, 5.41) is 3.27. The van der Waals surface area contributed by atoms with Crippen LogP contribution in [-0.4, -0.2) is 29.4 Å². The van der Waals surface area contributed by atoms with Gasteiger partial charge in [0.2, 0.25) is 0 Å². The first-order valence-electron chi connectivity index (χ1n) is 5.12. The first-order chi connectivity index (χ1) is 7.75. The molecule has 1 rings (SSSR count). The van der Waals surface area contributed by atoms with Gasteiger partial charge in [0.15, 0.2) is 0 Å². The van der Waals surface area contributed by atoms with Gasteiger partial charge in [-0.15, -0.1) is 0 Å². The minimum atomic E-state index is -0.151. The van der Waals surface area contributed by atoms with Gasteiger partial charge in [-0.3, -0.25) is 9.78 Å². The summed E-state index contributed by atoms with van der Waals surface area (Å²) in [5.74, 6) is 0.978. The van der Waals surface area contributed by atoms with Crippen LogP contribution in [0.4, 0.5) is 0 Å². The number of nitrogens with zero attached hydrogens (tertiary/aromatic N) is 1. The molecule has 1 amide bonds. The maximum atomic E-state index is 11.7. The summed E-state index contributed by atoms with van der Waals surface area (Å²) in [6, 6.07) is 1.62. The largest absolute Gasteiger partial charge is 0.352 e. The minimum Gasteiger partial charge on any atom is -0.352 e. The monoisotopic (exact) mass is 258 g/mol. The number of pyridine rings is 1. The lowest BCUT2D eigenvalue weighted by Crippen LogP contribution is -2.24. The quantitative estimate of drug-likeness (QED) is 0.798. The summed E-state index contributed by atoms with van der Waals surface area (Å²) < 4.78 is 0. The number of hydrogen-bond acceptors (Lipinski definition) is 3. The zero-order valence-corrected chi connectivity index (χ0v) is 10.8. The Bertz CT molecular complexity index is 347.